The molecule has 0 aliphatic heterocycles. The van der Waals surface area contributed by atoms with Crippen molar-refractivity contribution in [2.75, 3.05) is 6.61 Å². The average Bonchev–Trinajstić information content (AvgIpc) is 3.29. The summed E-state index contributed by atoms with van der Waals surface area (Å²) in [5, 5.41) is 18.3. The number of hydrogen-bond donors (Lipinski definition) is 2. The van der Waals surface area contributed by atoms with Crippen molar-refractivity contribution in [2.24, 2.45) is 0 Å². The Labute approximate surface area is 130 Å². The van der Waals surface area contributed by atoms with Gasteiger partial charge in [-0.3, -0.25) is 0 Å². The Morgan fingerprint density at radius 1 is 1.32 bits per heavy atom. The monoisotopic (exact) mass is 296 g/mol. The molecule has 1 saturated carbocycles. The molecule has 1 aliphatic carbocycles. The first-order valence-electron chi connectivity index (χ1n) is 7.64. The second kappa shape index (κ2) is 5.86. The third kappa shape index (κ3) is 2.86. The minimum atomic E-state index is 0.119. The van der Waals surface area contributed by atoms with Crippen LogP contribution in [0.4, 0.5) is 0 Å². The Kier molecular flexibility index (Phi) is 3.91. The average molecular weight is 296 g/mol. The summed E-state index contributed by atoms with van der Waals surface area (Å²) < 4.78 is 6.13. The quantitative estimate of drug-likeness (QED) is 0.883. The Bertz CT molecular complexity index is 736. The number of nitriles is 1. The number of aromatic nitrogens is 1. The van der Waals surface area contributed by atoms with Crippen LogP contribution in [0.2, 0.25) is 0 Å². The van der Waals surface area contributed by atoms with Crippen LogP contribution in [0, 0.1) is 25.2 Å². The summed E-state index contributed by atoms with van der Waals surface area (Å²) in [5.41, 5.74) is 4.82. The molecule has 1 heterocycles. The van der Waals surface area contributed by atoms with E-state index in [9.17, 15) is 5.11 Å². The first-order valence-corrected chi connectivity index (χ1v) is 7.64. The number of rotatable bonds is 5. The van der Waals surface area contributed by atoms with E-state index in [4.69, 9.17) is 10.00 Å². The minimum Gasteiger partial charge on any atom is -0.455 e. The molecule has 0 radical (unpaired) electrons. The molecule has 2 aromatic rings. The molecule has 1 aromatic carbocycles. The zero-order valence-corrected chi connectivity index (χ0v) is 12.9. The standard InChI is InChI=1S/C18H20N2O2/c1-11-7-13(10-19)9-15(8-11)22-18-12(2)16(5-6-21)20-17(18)14-3-4-14/h7-9,14,20-21H,3-6H2,1-2H3. The number of nitrogens with one attached hydrogen (secondary N) is 1. The van der Waals surface area contributed by atoms with Crippen molar-refractivity contribution < 1.29 is 9.84 Å². The molecule has 1 fully saturated rings. The largest absolute Gasteiger partial charge is 0.455 e. The number of aryl methyl sites for hydroxylation is 1. The van der Waals surface area contributed by atoms with Gasteiger partial charge in [-0.15, -0.1) is 0 Å². The molecule has 1 aromatic heterocycles. The van der Waals surface area contributed by atoms with Crippen molar-refractivity contribution in [1.82, 2.24) is 4.98 Å². The molecule has 0 atom stereocenters. The molecule has 0 bridgehead atoms. The van der Waals surface area contributed by atoms with Gasteiger partial charge >= 0.3 is 0 Å². The van der Waals surface area contributed by atoms with Crippen molar-refractivity contribution in [3.63, 3.8) is 0 Å². The van der Waals surface area contributed by atoms with Gasteiger partial charge in [0.2, 0.25) is 0 Å². The highest BCUT2D eigenvalue weighted by molar-refractivity contribution is 5.49. The first-order chi connectivity index (χ1) is 10.6. The van der Waals surface area contributed by atoms with E-state index in [-0.39, 0.29) is 6.61 Å². The predicted octanol–water partition coefficient (Wildman–Crippen LogP) is 3.71. The van der Waals surface area contributed by atoms with Crippen molar-refractivity contribution in [3.8, 4) is 17.6 Å². The highest BCUT2D eigenvalue weighted by Gasteiger charge is 2.31. The number of aliphatic hydroxyl groups excluding tert-OH is 1. The van der Waals surface area contributed by atoms with E-state index in [2.05, 4.69) is 11.1 Å². The van der Waals surface area contributed by atoms with Crippen molar-refractivity contribution in [2.45, 2.75) is 39.0 Å². The van der Waals surface area contributed by atoms with Gasteiger partial charge in [0.15, 0.2) is 5.75 Å². The van der Waals surface area contributed by atoms with E-state index in [0.717, 1.165) is 28.3 Å². The van der Waals surface area contributed by atoms with Gasteiger partial charge in [0, 0.05) is 30.2 Å². The maximum Gasteiger partial charge on any atom is 0.151 e. The summed E-state index contributed by atoms with van der Waals surface area (Å²) in [7, 11) is 0. The molecule has 22 heavy (non-hydrogen) atoms. The van der Waals surface area contributed by atoms with E-state index >= 15 is 0 Å². The predicted molar refractivity (Wildman–Crippen MR) is 84.3 cm³/mol. The Morgan fingerprint density at radius 3 is 2.73 bits per heavy atom. The number of ether oxygens (including phenoxy) is 1. The summed E-state index contributed by atoms with van der Waals surface area (Å²) in [6, 6.07) is 7.71. The van der Waals surface area contributed by atoms with Crippen LogP contribution in [-0.4, -0.2) is 16.7 Å². The smallest absolute Gasteiger partial charge is 0.151 e. The fourth-order valence-electron chi connectivity index (χ4n) is 2.79. The minimum absolute atomic E-state index is 0.119. The van der Waals surface area contributed by atoms with E-state index in [1.54, 1.807) is 6.07 Å². The number of H-pyrrole nitrogens is 1. The molecule has 0 saturated heterocycles. The van der Waals surface area contributed by atoms with Crippen LogP contribution < -0.4 is 4.74 Å². The van der Waals surface area contributed by atoms with Crippen LogP contribution in [0.15, 0.2) is 18.2 Å². The zero-order chi connectivity index (χ0) is 15.7. The van der Waals surface area contributed by atoms with Crippen LogP contribution in [0.5, 0.6) is 11.5 Å². The van der Waals surface area contributed by atoms with Crippen LogP contribution in [-0.2, 0) is 6.42 Å². The van der Waals surface area contributed by atoms with Gasteiger partial charge in [-0.25, -0.2) is 0 Å². The number of benzene rings is 1. The molecule has 2 N–H and O–H groups in total. The number of aliphatic hydroxyl groups is 1. The van der Waals surface area contributed by atoms with E-state index in [0.29, 0.717) is 23.7 Å². The van der Waals surface area contributed by atoms with Crippen LogP contribution >= 0.6 is 0 Å². The molecule has 0 spiro atoms. The highest BCUT2D eigenvalue weighted by Crippen LogP contribution is 2.47. The number of nitrogens with zero attached hydrogens (tertiary/aromatic N) is 1. The van der Waals surface area contributed by atoms with Crippen LogP contribution in [0.1, 0.15) is 46.8 Å². The van der Waals surface area contributed by atoms with Crippen LogP contribution in [0.25, 0.3) is 0 Å². The number of aromatic amines is 1. The van der Waals surface area contributed by atoms with Gasteiger partial charge in [0.05, 0.1) is 17.3 Å². The fraction of sp³-hybridized carbons (Fsp3) is 0.389. The molecule has 4 heteroatoms. The lowest BCUT2D eigenvalue weighted by Crippen LogP contribution is -1.93. The van der Waals surface area contributed by atoms with Crippen LogP contribution in [0.3, 0.4) is 0 Å². The van der Waals surface area contributed by atoms with Gasteiger partial charge < -0.3 is 14.8 Å². The maximum absolute atomic E-state index is 9.20. The summed E-state index contributed by atoms with van der Waals surface area (Å²) in [6.45, 7) is 4.09. The lowest BCUT2D eigenvalue weighted by atomic mass is 10.1. The second-order valence-corrected chi connectivity index (χ2v) is 5.97. The third-order valence-electron chi connectivity index (χ3n) is 4.07. The summed E-state index contributed by atoms with van der Waals surface area (Å²) >= 11 is 0. The maximum atomic E-state index is 9.20. The molecular weight excluding hydrogens is 276 g/mol. The van der Waals surface area contributed by atoms with Gasteiger partial charge in [0.25, 0.3) is 0 Å². The highest BCUT2D eigenvalue weighted by atomic mass is 16.5. The lowest BCUT2D eigenvalue weighted by molar-refractivity contribution is 0.298. The van der Waals surface area contributed by atoms with Crippen molar-refractivity contribution >= 4 is 0 Å². The Balaban J connectivity index is 1.97. The van der Waals surface area contributed by atoms with Gasteiger partial charge in [0.1, 0.15) is 5.75 Å². The van der Waals surface area contributed by atoms with Gasteiger partial charge in [-0.05, 0) is 50.5 Å². The lowest BCUT2D eigenvalue weighted by Gasteiger charge is -2.09. The molecular formula is C18H20N2O2. The second-order valence-electron chi connectivity index (χ2n) is 5.97. The van der Waals surface area contributed by atoms with Gasteiger partial charge in [-0.1, -0.05) is 0 Å². The van der Waals surface area contributed by atoms with Crippen molar-refractivity contribution in [1.29, 1.82) is 5.26 Å². The van der Waals surface area contributed by atoms with Gasteiger partial charge in [-0.2, -0.15) is 5.26 Å². The third-order valence-corrected chi connectivity index (χ3v) is 4.07. The SMILES string of the molecule is Cc1cc(C#N)cc(Oc2c(C3CC3)[nH]c(CCO)c2C)c1. The molecule has 4 nitrogen and oxygen atoms in total. The topological polar surface area (TPSA) is 69.0 Å². The Morgan fingerprint density at radius 2 is 2.09 bits per heavy atom. The summed E-state index contributed by atoms with van der Waals surface area (Å²) in [4.78, 5) is 3.43. The normalized spacial score (nSPS) is 13.9. The molecule has 3 rings (SSSR count). The van der Waals surface area contributed by atoms with E-state index in [1.165, 1.54) is 12.8 Å². The number of hydrogen-bond acceptors (Lipinski definition) is 3. The molecule has 1 aliphatic rings. The fourth-order valence-corrected chi connectivity index (χ4v) is 2.79. The van der Waals surface area contributed by atoms with Crippen molar-refractivity contribution in [3.05, 3.63) is 46.3 Å². The first kappa shape index (κ1) is 14.7. The summed E-state index contributed by atoms with van der Waals surface area (Å²) in [5.74, 6) is 2.08. The molecule has 114 valence electrons. The zero-order valence-electron chi connectivity index (χ0n) is 12.9. The Hall–Kier alpha value is -2.25. The van der Waals surface area contributed by atoms with E-state index < -0.39 is 0 Å². The summed E-state index contributed by atoms with van der Waals surface area (Å²) in [6.07, 6.45) is 2.95. The molecule has 0 unspecified atom stereocenters. The van der Waals surface area contributed by atoms with E-state index in [1.807, 2.05) is 26.0 Å². The molecule has 0 amide bonds.